The van der Waals surface area contributed by atoms with E-state index in [0.29, 0.717) is 5.41 Å². The molecule has 0 bridgehead atoms. The van der Waals surface area contributed by atoms with Crippen molar-refractivity contribution in [1.82, 2.24) is 0 Å². The minimum atomic E-state index is 0.696. The highest BCUT2D eigenvalue weighted by Crippen LogP contribution is 2.77. The highest BCUT2D eigenvalue weighted by atomic mass is 14.7. The van der Waals surface area contributed by atoms with Gasteiger partial charge in [0.2, 0.25) is 0 Å². The van der Waals surface area contributed by atoms with Crippen LogP contribution in [0.4, 0.5) is 0 Å². The van der Waals surface area contributed by atoms with Crippen LogP contribution < -0.4 is 0 Å². The van der Waals surface area contributed by atoms with Crippen LogP contribution in [-0.2, 0) is 0 Å². The largest absolute Gasteiger partial charge is 0.0651 e. The van der Waals surface area contributed by atoms with Gasteiger partial charge < -0.3 is 0 Å². The molecule has 8 aliphatic rings. The molecule has 0 aromatic heterocycles. The standard InChI is InChI=1S/C46H78/c1-7-29(8-2)33-23-34(30(9-3)10-4)27-46(26-33)42-22-20-32-24-40-35-16-12-11-15-31(35)19-21-37(40)43(32)44(42)41-25-39(28(5)6)36-17-13-14-18-38(36)45(41)46/h28-45H,7-27H2,1-6H3. The van der Waals surface area contributed by atoms with Crippen LogP contribution in [0.25, 0.3) is 0 Å². The van der Waals surface area contributed by atoms with Crippen molar-refractivity contribution in [3.05, 3.63) is 0 Å². The van der Waals surface area contributed by atoms with Crippen molar-refractivity contribution in [2.45, 2.75) is 176 Å². The van der Waals surface area contributed by atoms with Crippen LogP contribution in [0.15, 0.2) is 0 Å². The quantitative estimate of drug-likeness (QED) is 0.262. The van der Waals surface area contributed by atoms with Gasteiger partial charge in [0, 0.05) is 0 Å². The highest BCUT2D eigenvalue weighted by molar-refractivity contribution is 5.19. The number of fused-ring (bicyclic) bond motifs is 13. The summed E-state index contributed by atoms with van der Waals surface area (Å²) in [5.41, 5.74) is 0.696. The third kappa shape index (κ3) is 5.12. The zero-order valence-corrected chi connectivity index (χ0v) is 31.7. The lowest BCUT2D eigenvalue weighted by atomic mass is 9.46. The van der Waals surface area contributed by atoms with Gasteiger partial charge in [0.25, 0.3) is 0 Å². The summed E-state index contributed by atoms with van der Waals surface area (Å²) in [7, 11) is 0. The fourth-order valence-corrected chi connectivity index (χ4v) is 18.0. The molecule has 1 spiro atoms. The van der Waals surface area contributed by atoms with Crippen LogP contribution in [0.2, 0.25) is 0 Å². The van der Waals surface area contributed by atoms with E-state index in [9.17, 15) is 0 Å². The van der Waals surface area contributed by atoms with Gasteiger partial charge in [0.15, 0.2) is 0 Å². The molecule has 0 radical (unpaired) electrons. The van der Waals surface area contributed by atoms with E-state index >= 15 is 0 Å². The lowest BCUT2D eigenvalue weighted by Crippen LogP contribution is -2.51. The highest BCUT2D eigenvalue weighted by Gasteiger charge is 2.70. The minimum Gasteiger partial charge on any atom is -0.0651 e. The van der Waals surface area contributed by atoms with Gasteiger partial charge in [-0.3, -0.25) is 0 Å². The van der Waals surface area contributed by atoms with E-state index in [1.54, 1.807) is 109 Å². The molecule has 15 unspecified atom stereocenters. The number of hydrogen-bond acceptors (Lipinski definition) is 0. The maximum absolute atomic E-state index is 2.66. The zero-order chi connectivity index (χ0) is 31.7. The van der Waals surface area contributed by atoms with Crippen molar-refractivity contribution in [2.24, 2.45) is 112 Å². The fourth-order valence-electron chi connectivity index (χ4n) is 18.0. The fraction of sp³-hybridized carbons (Fsp3) is 1.00. The van der Waals surface area contributed by atoms with Crippen molar-refractivity contribution in [3.8, 4) is 0 Å². The van der Waals surface area contributed by atoms with E-state index in [4.69, 9.17) is 0 Å². The Bertz CT molecular complexity index is 995. The second-order valence-electron chi connectivity index (χ2n) is 20.4. The van der Waals surface area contributed by atoms with E-state index in [1.807, 2.05) is 0 Å². The van der Waals surface area contributed by atoms with Gasteiger partial charge in [0.05, 0.1) is 0 Å². The van der Waals surface area contributed by atoms with Crippen LogP contribution in [0.1, 0.15) is 176 Å². The zero-order valence-electron chi connectivity index (χ0n) is 31.7. The second kappa shape index (κ2) is 13.3. The Labute approximate surface area is 287 Å². The molecule has 0 aromatic rings. The molecule has 8 saturated carbocycles. The topological polar surface area (TPSA) is 0 Å². The van der Waals surface area contributed by atoms with Gasteiger partial charge in [-0.1, -0.05) is 99.3 Å². The molecule has 0 N–H and O–H groups in total. The molecule has 0 aromatic carbocycles. The SMILES string of the molecule is CCC(CC)C1CC(C(CC)CC)CC2(C1)C1CCC3CC4C5CCCCC5CCC4C3C1C1CC(C(C)C)C3CCCCC3C12. The van der Waals surface area contributed by atoms with E-state index in [0.717, 1.165) is 107 Å². The maximum Gasteiger partial charge on any atom is -0.0227 e. The smallest absolute Gasteiger partial charge is 0.0227 e. The van der Waals surface area contributed by atoms with Crippen molar-refractivity contribution in [2.75, 3.05) is 0 Å². The van der Waals surface area contributed by atoms with Gasteiger partial charge in [-0.25, -0.2) is 0 Å². The summed E-state index contributed by atoms with van der Waals surface area (Å²) in [6.45, 7) is 15.6. The van der Waals surface area contributed by atoms with E-state index in [1.165, 1.54) is 25.7 Å². The molecule has 15 atom stereocenters. The monoisotopic (exact) mass is 631 g/mol. The lowest BCUT2D eigenvalue weighted by molar-refractivity contribution is -0.0974. The predicted molar refractivity (Wildman–Crippen MR) is 196 cm³/mol. The Morgan fingerprint density at radius 1 is 0.500 bits per heavy atom. The molecule has 0 heterocycles. The molecule has 46 heavy (non-hydrogen) atoms. The minimum absolute atomic E-state index is 0.696. The Kier molecular flexibility index (Phi) is 9.57. The van der Waals surface area contributed by atoms with Crippen LogP contribution in [0, 0.1) is 112 Å². The lowest BCUT2D eigenvalue weighted by Gasteiger charge is -2.58. The Hall–Kier alpha value is 0. The van der Waals surface area contributed by atoms with Crippen molar-refractivity contribution in [1.29, 1.82) is 0 Å². The molecular weight excluding hydrogens is 553 g/mol. The molecule has 0 aliphatic heterocycles. The van der Waals surface area contributed by atoms with Crippen LogP contribution >= 0.6 is 0 Å². The maximum atomic E-state index is 2.66. The van der Waals surface area contributed by atoms with Gasteiger partial charge in [-0.05, 0) is 189 Å². The van der Waals surface area contributed by atoms with Gasteiger partial charge in [0.1, 0.15) is 0 Å². The summed E-state index contributed by atoms with van der Waals surface area (Å²) in [6, 6.07) is 0. The molecule has 0 saturated heterocycles. The van der Waals surface area contributed by atoms with E-state index in [-0.39, 0.29) is 0 Å². The summed E-state index contributed by atoms with van der Waals surface area (Å²) >= 11 is 0. The van der Waals surface area contributed by atoms with Gasteiger partial charge >= 0.3 is 0 Å². The van der Waals surface area contributed by atoms with E-state index < -0.39 is 0 Å². The first-order chi connectivity index (χ1) is 22.4. The van der Waals surface area contributed by atoms with Crippen molar-refractivity contribution < 1.29 is 0 Å². The summed E-state index contributed by atoms with van der Waals surface area (Å²) in [6.07, 6.45) is 33.2. The molecule has 8 aliphatic carbocycles. The Balaban J connectivity index is 1.23. The van der Waals surface area contributed by atoms with Gasteiger partial charge in [-0.2, -0.15) is 0 Å². The van der Waals surface area contributed by atoms with Crippen LogP contribution in [0.5, 0.6) is 0 Å². The molecule has 8 fully saturated rings. The Morgan fingerprint density at radius 3 is 1.76 bits per heavy atom. The predicted octanol–water partition coefficient (Wildman–Crippen LogP) is 13.5. The van der Waals surface area contributed by atoms with Crippen molar-refractivity contribution in [3.63, 3.8) is 0 Å². The Morgan fingerprint density at radius 2 is 1.11 bits per heavy atom. The molecule has 0 amide bonds. The average Bonchev–Trinajstić information content (AvgIpc) is 3.59. The summed E-state index contributed by atoms with van der Waals surface area (Å²) in [5, 5.41) is 0. The molecule has 0 heteroatoms. The van der Waals surface area contributed by atoms with Crippen LogP contribution in [0.3, 0.4) is 0 Å². The average molecular weight is 631 g/mol. The normalized spacial score (nSPS) is 51.5. The van der Waals surface area contributed by atoms with Crippen molar-refractivity contribution >= 4 is 0 Å². The summed E-state index contributed by atoms with van der Waals surface area (Å²) in [5.74, 6) is 19.2. The summed E-state index contributed by atoms with van der Waals surface area (Å²) in [4.78, 5) is 0. The molecule has 262 valence electrons. The number of rotatable bonds is 7. The molecule has 0 nitrogen and oxygen atoms in total. The molecule has 8 rings (SSSR count). The number of hydrogen-bond donors (Lipinski definition) is 0. The van der Waals surface area contributed by atoms with Gasteiger partial charge in [-0.15, -0.1) is 0 Å². The first-order valence-corrected chi connectivity index (χ1v) is 22.4. The second-order valence-corrected chi connectivity index (χ2v) is 20.4. The third-order valence-corrected chi connectivity index (χ3v) is 19.3. The first-order valence-electron chi connectivity index (χ1n) is 22.4. The van der Waals surface area contributed by atoms with E-state index in [2.05, 4.69) is 41.5 Å². The first kappa shape index (κ1) is 33.2. The van der Waals surface area contributed by atoms with Crippen LogP contribution in [-0.4, -0.2) is 0 Å². The third-order valence-electron chi connectivity index (χ3n) is 19.3. The molecular formula is C46H78. The summed E-state index contributed by atoms with van der Waals surface area (Å²) < 4.78 is 0.